The molecule has 1 saturated carbocycles. The van der Waals surface area contributed by atoms with E-state index in [1.807, 2.05) is 0 Å². The van der Waals surface area contributed by atoms with Gasteiger partial charge in [-0.05, 0) is 6.42 Å². The molecule has 0 aromatic carbocycles. The molecule has 0 bridgehead atoms. The zero-order valence-electron chi connectivity index (χ0n) is 11.9. The monoisotopic (exact) mass is 317 g/mol. The number of ether oxygens (including phenoxy) is 1. The summed E-state index contributed by atoms with van der Waals surface area (Å²) in [5.41, 5.74) is 0. The first-order valence-electron chi connectivity index (χ1n) is 7.26. The van der Waals surface area contributed by atoms with Crippen molar-refractivity contribution in [2.75, 3.05) is 24.6 Å². The van der Waals surface area contributed by atoms with Crippen molar-refractivity contribution in [1.29, 1.82) is 0 Å². The van der Waals surface area contributed by atoms with E-state index in [1.54, 1.807) is 6.07 Å². The first-order valence-corrected chi connectivity index (χ1v) is 7.63. The van der Waals surface area contributed by atoms with Crippen molar-refractivity contribution >= 4 is 17.4 Å². The number of nitrogens with zero attached hydrogens (tertiary/aromatic N) is 3. The van der Waals surface area contributed by atoms with Gasteiger partial charge >= 0.3 is 0 Å². The van der Waals surface area contributed by atoms with E-state index < -0.39 is 11.8 Å². The molecule has 0 N–H and O–H groups in total. The molecular weight excluding hydrogens is 300 g/mol. The number of hydrogen-bond donors (Lipinski definition) is 0. The topological polar surface area (TPSA) is 38.2 Å². The number of alkyl halides is 2. The van der Waals surface area contributed by atoms with Crippen molar-refractivity contribution in [3.8, 4) is 0 Å². The predicted octanol–water partition coefficient (Wildman–Crippen LogP) is 2.94. The lowest BCUT2D eigenvalue weighted by molar-refractivity contribution is 0.0381. The number of morpholine rings is 1. The molecule has 0 spiro atoms. The van der Waals surface area contributed by atoms with Gasteiger partial charge in [-0.15, -0.1) is 0 Å². The normalized spacial score (nSPS) is 27.7. The fourth-order valence-electron chi connectivity index (χ4n) is 2.59. The van der Waals surface area contributed by atoms with Crippen LogP contribution >= 0.6 is 11.6 Å². The highest BCUT2D eigenvalue weighted by atomic mass is 35.5. The van der Waals surface area contributed by atoms with Crippen LogP contribution in [0.5, 0.6) is 0 Å². The maximum absolute atomic E-state index is 13.0. The molecule has 1 aliphatic carbocycles. The second-order valence-electron chi connectivity index (χ2n) is 5.68. The highest BCUT2D eigenvalue weighted by molar-refractivity contribution is 6.29. The summed E-state index contributed by atoms with van der Waals surface area (Å²) >= 11 is 6.02. The molecular formula is C14H18ClF2N3O. The molecule has 0 amide bonds. The van der Waals surface area contributed by atoms with Gasteiger partial charge in [0.25, 0.3) is 5.92 Å². The highest BCUT2D eigenvalue weighted by Crippen LogP contribution is 2.50. The minimum absolute atomic E-state index is 0.0757. The first-order chi connectivity index (χ1) is 9.98. The van der Waals surface area contributed by atoms with Gasteiger partial charge in [0.2, 0.25) is 0 Å². The Hall–Kier alpha value is -1.01. The number of hydrogen-bond acceptors (Lipinski definition) is 4. The molecule has 0 radical (unpaired) electrons. The fourth-order valence-corrected chi connectivity index (χ4v) is 2.79. The van der Waals surface area contributed by atoms with Crippen LogP contribution in [0.15, 0.2) is 6.07 Å². The zero-order valence-corrected chi connectivity index (χ0v) is 12.6. The minimum Gasteiger partial charge on any atom is -0.375 e. The lowest BCUT2D eigenvalue weighted by Crippen LogP contribution is -2.42. The summed E-state index contributed by atoms with van der Waals surface area (Å²) in [6, 6.07) is 1.69. The van der Waals surface area contributed by atoms with Gasteiger partial charge in [-0.2, -0.15) is 0 Å². The molecule has 1 aliphatic heterocycles. The molecule has 1 aromatic heterocycles. The van der Waals surface area contributed by atoms with E-state index in [9.17, 15) is 8.78 Å². The van der Waals surface area contributed by atoms with Crippen molar-refractivity contribution < 1.29 is 13.5 Å². The number of rotatable bonds is 4. The zero-order chi connectivity index (χ0) is 15.0. The Kier molecular flexibility index (Phi) is 4.01. The average Bonchev–Trinajstić information content (AvgIpc) is 3.05. The molecule has 21 heavy (non-hydrogen) atoms. The van der Waals surface area contributed by atoms with E-state index in [4.69, 9.17) is 16.3 Å². The van der Waals surface area contributed by atoms with Crippen LogP contribution in [-0.2, 0) is 11.2 Å². The number of aromatic nitrogens is 2. The van der Waals surface area contributed by atoms with Gasteiger partial charge in [-0.1, -0.05) is 18.5 Å². The maximum Gasteiger partial charge on any atom is 0.252 e. The van der Waals surface area contributed by atoms with E-state index >= 15 is 0 Å². The summed E-state index contributed by atoms with van der Waals surface area (Å²) in [7, 11) is 0. The van der Waals surface area contributed by atoms with Gasteiger partial charge in [-0.25, -0.2) is 18.7 Å². The van der Waals surface area contributed by atoms with Crippen LogP contribution in [0.25, 0.3) is 0 Å². The summed E-state index contributed by atoms with van der Waals surface area (Å²) < 4.78 is 31.7. The average molecular weight is 318 g/mol. The largest absolute Gasteiger partial charge is 0.375 e. The van der Waals surface area contributed by atoms with Crippen LogP contribution in [0.2, 0.25) is 5.15 Å². The molecule has 1 unspecified atom stereocenters. The highest BCUT2D eigenvalue weighted by Gasteiger charge is 2.56. The van der Waals surface area contributed by atoms with Crippen molar-refractivity contribution in [3.63, 3.8) is 0 Å². The van der Waals surface area contributed by atoms with Crippen molar-refractivity contribution in [3.05, 3.63) is 17.0 Å². The molecule has 2 aliphatic rings. The van der Waals surface area contributed by atoms with Gasteiger partial charge in [0.05, 0.1) is 12.7 Å². The molecule has 1 saturated heterocycles. The molecule has 2 fully saturated rings. The van der Waals surface area contributed by atoms with E-state index in [0.29, 0.717) is 23.4 Å². The van der Waals surface area contributed by atoms with E-state index in [-0.39, 0.29) is 18.9 Å². The number of anilines is 1. The van der Waals surface area contributed by atoms with Crippen LogP contribution in [0, 0.1) is 5.92 Å². The van der Waals surface area contributed by atoms with Crippen LogP contribution in [-0.4, -0.2) is 41.7 Å². The fraction of sp³-hybridized carbons (Fsp3) is 0.714. The van der Waals surface area contributed by atoms with E-state index in [1.165, 1.54) is 0 Å². The third kappa shape index (κ3) is 3.43. The molecule has 2 heterocycles. The van der Waals surface area contributed by atoms with Crippen molar-refractivity contribution in [2.24, 2.45) is 5.92 Å². The van der Waals surface area contributed by atoms with E-state index in [2.05, 4.69) is 21.8 Å². The summed E-state index contributed by atoms with van der Waals surface area (Å²) in [6.45, 7) is 4.17. The summed E-state index contributed by atoms with van der Waals surface area (Å²) in [6.07, 6.45) is 1.20. The Bertz CT molecular complexity index is 529. The molecule has 7 heteroatoms. The molecule has 2 atom stereocenters. The van der Waals surface area contributed by atoms with Gasteiger partial charge in [0.1, 0.15) is 16.8 Å². The molecule has 4 nitrogen and oxygen atoms in total. The first kappa shape index (κ1) is 14.9. The second-order valence-corrected chi connectivity index (χ2v) is 6.07. The van der Waals surface area contributed by atoms with Crippen LogP contribution in [0.3, 0.4) is 0 Å². The Morgan fingerprint density at radius 3 is 2.90 bits per heavy atom. The third-order valence-corrected chi connectivity index (χ3v) is 4.22. The SMILES string of the molecule is CC[C@H]1CN(c2cc(Cl)nc(CC3CC3(F)F)n2)CCO1. The molecule has 1 aromatic rings. The summed E-state index contributed by atoms with van der Waals surface area (Å²) in [5.74, 6) is -2.09. The Balaban J connectivity index is 1.74. The minimum atomic E-state index is -2.56. The van der Waals surface area contributed by atoms with Crippen molar-refractivity contribution in [1.82, 2.24) is 9.97 Å². The van der Waals surface area contributed by atoms with Gasteiger partial charge in [0.15, 0.2) is 0 Å². The van der Waals surface area contributed by atoms with Crippen molar-refractivity contribution in [2.45, 2.75) is 38.2 Å². The smallest absolute Gasteiger partial charge is 0.252 e. The Labute approximate surface area is 127 Å². The molecule has 3 rings (SSSR count). The summed E-state index contributed by atoms with van der Waals surface area (Å²) in [5, 5.41) is 0.304. The van der Waals surface area contributed by atoms with Gasteiger partial charge in [0, 0.05) is 37.9 Å². The van der Waals surface area contributed by atoms with Gasteiger partial charge in [-0.3, -0.25) is 0 Å². The van der Waals surface area contributed by atoms with Crippen LogP contribution < -0.4 is 4.90 Å². The summed E-state index contributed by atoms with van der Waals surface area (Å²) in [4.78, 5) is 10.6. The maximum atomic E-state index is 13.0. The Morgan fingerprint density at radius 2 is 2.24 bits per heavy atom. The quantitative estimate of drug-likeness (QED) is 0.800. The Morgan fingerprint density at radius 1 is 1.48 bits per heavy atom. The third-order valence-electron chi connectivity index (χ3n) is 4.03. The lowest BCUT2D eigenvalue weighted by Gasteiger charge is -2.33. The lowest BCUT2D eigenvalue weighted by atomic mass is 10.2. The van der Waals surface area contributed by atoms with Gasteiger partial charge < -0.3 is 9.64 Å². The standard InChI is InChI=1S/C14H18ClF2N3O/c1-2-10-8-20(3-4-21-10)13-6-11(15)18-12(19-13)5-9-7-14(9,16)17/h6,9-10H,2-5,7-8H2,1H3/t9?,10-/m0/s1. The molecule has 116 valence electrons. The second kappa shape index (κ2) is 5.65. The predicted molar refractivity (Wildman–Crippen MR) is 76.0 cm³/mol. The van der Waals surface area contributed by atoms with Crippen LogP contribution in [0.1, 0.15) is 25.6 Å². The van der Waals surface area contributed by atoms with E-state index in [0.717, 1.165) is 19.5 Å². The number of halogens is 3. The van der Waals surface area contributed by atoms with Crippen LogP contribution in [0.4, 0.5) is 14.6 Å².